The van der Waals surface area contributed by atoms with Crippen LogP contribution < -0.4 is 0 Å². The van der Waals surface area contributed by atoms with E-state index in [-0.39, 0.29) is 5.82 Å². The Bertz CT molecular complexity index is 751. The van der Waals surface area contributed by atoms with Crippen LogP contribution in [0.15, 0.2) is 42.9 Å². The summed E-state index contributed by atoms with van der Waals surface area (Å²) in [6.45, 7) is 0. The number of nitrogens with zero attached hydrogens (tertiary/aromatic N) is 3. The summed E-state index contributed by atoms with van der Waals surface area (Å²) < 4.78 is 14.6. The van der Waals surface area contributed by atoms with E-state index in [0.29, 0.717) is 5.56 Å². The molecular weight excluding hydrogens is 229 g/mol. The van der Waals surface area contributed by atoms with E-state index in [1.807, 2.05) is 0 Å². The van der Waals surface area contributed by atoms with Crippen LogP contribution in [0.5, 0.6) is 0 Å². The molecule has 0 radical (unpaired) electrons. The molecule has 0 atom stereocenters. The van der Waals surface area contributed by atoms with Crippen LogP contribution in [-0.2, 0) is 0 Å². The number of rotatable bonds is 1. The first-order chi connectivity index (χ1) is 8.79. The lowest BCUT2D eigenvalue weighted by Crippen LogP contribution is -1.96. The molecule has 86 valence electrons. The van der Waals surface area contributed by atoms with Gasteiger partial charge < -0.3 is 0 Å². The third kappa shape index (κ3) is 1.54. The van der Waals surface area contributed by atoms with E-state index in [1.165, 1.54) is 12.1 Å². The first kappa shape index (κ1) is 10.5. The maximum Gasteiger partial charge on any atom is 0.123 e. The van der Waals surface area contributed by atoms with Gasteiger partial charge in [0.1, 0.15) is 5.82 Å². The number of aromatic nitrogens is 3. The monoisotopic (exact) mass is 237 g/mol. The summed E-state index contributed by atoms with van der Waals surface area (Å²) in [7, 11) is 0. The van der Waals surface area contributed by atoms with Gasteiger partial charge in [-0.05, 0) is 24.3 Å². The highest BCUT2D eigenvalue weighted by Gasteiger charge is 2.07. The summed E-state index contributed by atoms with van der Waals surface area (Å²) in [5, 5.41) is 5.12. The van der Waals surface area contributed by atoms with Crippen molar-refractivity contribution in [2.24, 2.45) is 0 Å². The molecule has 0 aliphatic carbocycles. The van der Waals surface area contributed by atoms with Crippen molar-refractivity contribution < 1.29 is 4.39 Å². The highest BCUT2D eigenvalue weighted by Crippen LogP contribution is 2.20. The predicted molar refractivity (Wildman–Crippen MR) is 66.8 cm³/mol. The molecule has 0 spiro atoms. The Hall–Kier alpha value is -2.67. The predicted octanol–water partition coefficient (Wildman–Crippen LogP) is 2.54. The molecule has 0 amide bonds. The minimum Gasteiger partial charge on any atom is -0.261 e. The van der Waals surface area contributed by atoms with Gasteiger partial charge in [-0.1, -0.05) is 5.92 Å². The Morgan fingerprint density at radius 1 is 1.11 bits per heavy atom. The molecular formula is C14H8FN3. The van der Waals surface area contributed by atoms with Crippen molar-refractivity contribution in [1.29, 1.82) is 0 Å². The van der Waals surface area contributed by atoms with E-state index in [0.717, 1.165) is 16.6 Å². The summed E-state index contributed by atoms with van der Waals surface area (Å²) in [6.07, 6.45) is 10.4. The van der Waals surface area contributed by atoms with E-state index in [2.05, 4.69) is 16.0 Å². The lowest BCUT2D eigenvalue weighted by molar-refractivity contribution is 0.627. The van der Waals surface area contributed by atoms with Crippen molar-refractivity contribution in [2.75, 3.05) is 0 Å². The van der Waals surface area contributed by atoms with Crippen molar-refractivity contribution in [2.45, 2.75) is 0 Å². The van der Waals surface area contributed by atoms with E-state index in [4.69, 9.17) is 6.42 Å². The average molecular weight is 237 g/mol. The van der Waals surface area contributed by atoms with Crippen LogP contribution in [0.3, 0.4) is 0 Å². The van der Waals surface area contributed by atoms with Gasteiger partial charge in [0.25, 0.3) is 0 Å². The Morgan fingerprint density at radius 3 is 2.61 bits per heavy atom. The van der Waals surface area contributed by atoms with Gasteiger partial charge in [-0.15, -0.1) is 6.42 Å². The number of hydrogen-bond acceptors (Lipinski definition) is 2. The third-order valence-corrected chi connectivity index (χ3v) is 2.72. The van der Waals surface area contributed by atoms with Crippen molar-refractivity contribution >= 4 is 10.9 Å². The summed E-state index contributed by atoms with van der Waals surface area (Å²) in [5.41, 5.74) is 2.26. The molecule has 3 rings (SSSR count). The fourth-order valence-electron chi connectivity index (χ4n) is 1.84. The lowest BCUT2D eigenvalue weighted by Gasteiger charge is -2.03. The van der Waals surface area contributed by atoms with Gasteiger partial charge in [0, 0.05) is 11.6 Å². The van der Waals surface area contributed by atoms with Gasteiger partial charge in [-0.3, -0.25) is 4.98 Å². The maximum absolute atomic E-state index is 12.9. The molecule has 2 heterocycles. The standard InChI is InChI=1S/C14H8FN3/c1-2-10-7-16-9-14-13(10)8-17-18(14)12-5-3-11(15)4-6-12/h1,3-9H. The number of terminal acetylenes is 1. The number of pyridine rings is 1. The zero-order valence-corrected chi connectivity index (χ0v) is 9.34. The van der Waals surface area contributed by atoms with Crippen LogP contribution in [0.4, 0.5) is 4.39 Å². The van der Waals surface area contributed by atoms with Crippen LogP contribution >= 0.6 is 0 Å². The fourth-order valence-corrected chi connectivity index (χ4v) is 1.84. The number of halogens is 1. The van der Waals surface area contributed by atoms with Gasteiger partial charge in [0.15, 0.2) is 0 Å². The van der Waals surface area contributed by atoms with Crippen LogP contribution in [0.2, 0.25) is 0 Å². The molecule has 2 aromatic heterocycles. The highest BCUT2D eigenvalue weighted by molar-refractivity contribution is 5.85. The second-order valence-corrected chi connectivity index (χ2v) is 3.80. The lowest BCUT2D eigenvalue weighted by atomic mass is 10.2. The molecule has 0 fully saturated rings. The number of fused-ring (bicyclic) bond motifs is 1. The summed E-state index contributed by atoms with van der Waals surface area (Å²) in [6, 6.07) is 6.09. The average Bonchev–Trinajstić information content (AvgIpc) is 2.83. The quantitative estimate of drug-likeness (QED) is 0.609. The van der Waals surface area contributed by atoms with Crippen LogP contribution in [0, 0.1) is 18.2 Å². The molecule has 4 heteroatoms. The summed E-state index contributed by atoms with van der Waals surface area (Å²) in [4.78, 5) is 4.08. The topological polar surface area (TPSA) is 30.7 Å². The van der Waals surface area contributed by atoms with Crippen molar-refractivity contribution in [3.63, 3.8) is 0 Å². The molecule has 3 aromatic rings. The second-order valence-electron chi connectivity index (χ2n) is 3.80. The third-order valence-electron chi connectivity index (χ3n) is 2.72. The van der Waals surface area contributed by atoms with E-state index >= 15 is 0 Å². The van der Waals surface area contributed by atoms with E-state index in [9.17, 15) is 4.39 Å². The van der Waals surface area contributed by atoms with Crippen molar-refractivity contribution in [3.8, 4) is 18.0 Å². The molecule has 1 aromatic carbocycles. The Balaban J connectivity index is 2.25. The van der Waals surface area contributed by atoms with Gasteiger partial charge in [0.05, 0.1) is 29.2 Å². The van der Waals surface area contributed by atoms with Crippen molar-refractivity contribution in [1.82, 2.24) is 14.8 Å². The minimum absolute atomic E-state index is 0.280. The molecule has 0 aliphatic rings. The molecule has 3 nitrogen and oxygen atoms in total. The van der Waals surface area contributed by atoms with E-state index < -0.39 is 0 Å². The normalized spacial score (nSPS) is 10.4. The smallest absolute Gasteiger partial charge is 0.123 e. The minimum atomic E-state index is -0.280. The van der Waals surface area contributed by atoms with Gasteiger partial charge in [0.2, 0.25) is 0 Å². The van der Waals surface area contributed by atoms with Gasteiger partial charge in [-0.2, -0.15) is 5.10 Å². The molecule has 18 heavy (non-hydrogen) atoms. The molecule has 0 unspecified atom stereocenters. The van der Waals surface area contributed by atoms with Crippen LogP contribution in [0.25, 0.3) is 16.6 Å². The highest BCUT2D eigenvalue weighted by atomic mass is 19.1. The van der Waals surface area contributed by atoms with Crippen LogP contribution in [0.1, 0.15) is 5.56 Å². The molecule has 0 saturated heterocycles. The summed E-state index contributed by atoms with van der Waals surface area (Å²) in [5.74, 6) is 2.29. The van der Waals surface area contributed by atoms with Gasteiger partial charge in [-0.25, -0.2) is 9.07 Å². The Labute approximate surface area is 103 Å². The zero-order chi connectivity index (χ0) is 12.5. The summed E-state index contributed by atoms with van der Waals surface area (Å²) >= 11 is 0. The first-order valence-corrected chi connectivity index (χ1v) is 5.34. The largest absolute Gasteiger partial charge is 0.261 e. The molecule has 0 N–H and O–H groups in total. The van der Waals surface area contributed by atoms with Crippen molar-refractivity contribution in [3.05, 3.63) is 54.2 Å². The first-order valence-electron chi connectivity index (χ1n) is 5.34. The van der Waals surface area contributed by atoms with Crippen LogP contribution in [-0.4, -0.2) is 14.8 Å². The zero-order valence-electron chi connectivity index (χ0n) is 9.34. The fraction of sp³-hybridized carbons (Fsp3) is 0. The Kier molecular flexibility index (Phi) is 2.31. The number of hydrogen-bond donors (Lipinski definition) is 0. The molecule has 0 aliphatic heterocycles. The molecule has 0 bridgehead atoms. The second kappa shape index (κ2) is 3.97. The number of benzene rings is 1. The molecule has 0 saturated carbocycles. The SMILES string of the molecule is C#Cc1cncc2c1cnn2-c1ccc(F)cc1. The van der Waals surface area contributed by atoms with Gasteiger partial charge >= 0.3 is 0 Å². The Morgan fingerprint density at radius 2 is 1.89 bits per heavy atom. The maximum atomic E-state index is 12.9. The van der Waals surface area contributed by atoms with E-state index in [1.54, 1.807) is 35.4 Å².